The predicted octanol–water partition coefficient (Wildman–Crippen LogP) is 2.64. The second-order valence-electron chi connectivity index (χ2n) is 6.01. The summed E-state index contributed by atoms with van der Waals surface area (Å²) in [6.07, 6.45) is 2.83. The van der Waals surface area contributed by atoms with E-state index in [4.69, 9.17) is 16.3 Å². The summed E-state index contributed by atoms with van der Waals surface area (Å²) in [5.41, 5.74) is 2.17. The third-order valence-corrected chi connectivity index (χ3v) is 4.94. The molecule has 0 aliphatic carbocycles. The Morgan fingerprint density at radius 2 is 2.24 bits per heavy atom. The van der Waals surface area contributed by atoms with Crippen molar-refractivity contribution in [2.75, 3.05) is 19.7 Å². The maximum Gasteiger partial charge on any atom is 0.124 e. The number of halogens is 1. The minimum Gasteiger partial charge on any atom is -0.373 e. The van der Waals surface area contributed by atoms with Crippen molar-refractivity contribution in [3.05, 3.63) is 30.1 Å². The number of ether oxygens (including phenoxy) is 1. The van der Waals surface area contributed by atoms with Gasteiger partial charge in [0.2, 0.25) is 0 Å². The Hall–Kier alpha value is -1.10. The summed E-state index contributed by atoms with van der Waals surface area (Å²) in [5, 5.41) is 0. The Bertz CT molecular complexity index is 641. The van der Waals surface area contributed by atoms with Crippen LogP contribution in [0.5, 0.6) is 0 Å². The molecule has 0 amide bonds. The Morgan fingerprint density at radius 1 is 1.33 bits per heavy atom. The smallest absolute Gasteiger partial charge is 0.124 e. The molecule has 0 N–H and O–H groups in total. The maximum absolute atomic E-state index is 6.08. The van der Waals surface area contributed by atoms with Crippen molar-refractivity contribution in [2.24, 2.45) is 0 Å². The maximum atomic E-state index is 6.08. The van der Waals surface area contributed by atoms with Crippen molar-refractivity contribution in [2.45, 2.75) is 37.4 Å². The first kappa shape index (κ1) is 13.6. The van der Waals surface area contributed by atoms with Gasteiger partial charge < -0.3 is 9.30 Å². The summed E-state index contributed by atoms with van der Waals surface area (Å²) >= 11 is 6.08. The minimum absolute atomic E-state index is 0.235. The Balaban J connectivity index is 1.59. The first-order valence-electron chi connectivity index (χ1n) is 7.71. The molecule has 2 saturated heterocycles. The molecule has 0 spiro atoms. The van der Waals surface area contributed by atoms with Crippen molar-refractivity contribution in [1.82, 2.24) is 14.5 Å². The van der Waals surface area contributed by atoms with Crippen LogP contribution in [0.1, 0.15) is 18.7 Å². The fourth-order valence-electron chi connectivity index (χ4n) is 3.63. The highest BCUT2D eigenvalue weighted by molar-refractivity contribution is 6.16. The molecule has 112 valence electrons. The lowest BCUT2D eigenvalue weighted by Gasteiger charge is -2.35. The molecular formula is C16H20ClN3O. The van der Waals surface area contributed by atoms with Gasteiger partial charge in [0, 0.05) is 12.6 Å². The van der Waals surface area contributed by atoms with Crippen molar-refractivity contribution >= 4 is 22.6 Å². The van der Waals surface area contributed by atoms with E-state index in [1.54, 1.807) is 0 Å². The van der Waals surface area contributed by atoms with E-state index in [1.807, 2.05) is 12.1 Å². The van der Waals surface area contributed by atoms with E-state index in [0.29, 0.717) is 11.9 Å². The number of alkyl halides is 1. The molecular weight excluding hydrogens is 286 g/mol. The van der Waals surface area contributed by atoms with E-state index in [2.05, 4.69) is 26.6 Å². The summed E-state index contributed by atoms with van der Waals surface area (Å²) in [7, 11) is 0. The van der Waals surface area contributed by atoms with Crippen molar-refractivity contribution in [3.8, 4) is 0 Å². The number of aromatic nitrogens is 2. The first-order chi connectivity index (χ1) is 10.3. The lowest BCUT2D eigenvalue weighted by Crippen LogP contribution is -2.47. The van der Waals surface area contributed by atoms with Crippen LogP contribution in [0.3, 0.4) is 0 Å². The molecule has 0 bridgehead atoms. The monoisotopic (exact) mass is 305 g/mol. The van der Waals surface area contributed by atoms with Crippen LogP contribution in [0.25, 0.3) is 11.0 Å². The second-order valence-corrected chi connectivity index (χ2v) is 6.27. The van der Waals surface area contributed by atoms with Crippen LogP contribution in [-0.2, 0) is 17.2 Å². The SMILES string of the molecule is ClCc1nc2ccccc2n1CC1CN2CCCC2CO1. The van der Waals surface area contributed by atoms with Crippen LogP contribution >= 0.6 is 11.6 Å². The van der Waals surface area contributed by atoms with Crippen molar-refractivity contribution in [3.63, 3.8) is 0 Å². The third kappa shape index (κ3) is 2.45. The standard InChI is InChI=1S/C16H20ClN3O/c17-8-16-18-14-5-1-2-6-15(14)20(16)10-13-9-19-7-3-4-12(19)11-21-13/h1-2,5-6,12-13H,3-4,7-11H2. The molecule has 2 aliphatic rings. The number of hydrogen-bond donors (Lipinski definition) is 0. The summed E-state index contributed by atoms with van der Waals surface area (Å²) in [6.45, 7) is 3.95. The van der Waals surface area contributed by atoms with E-state index in [1.165, 1.54) is 19.4 Å². The quantitative estimate of drug-likeness (QED) is 0.817. The van der Waals surface area contributed by atoms with Crippen molar-refractivity contribution < 1.29 is 4.74 Å². The lowest BCUT2D eigenvalue weighted by atomic mass is 10.2. The molecule has 4 nitrogen and oxygen atoms in total. The number of para-hydroxylation sites is 2. The molecule has 3 heterocycles. The summed E-state index contributed by atoms with van der Waals surface area (Å²) < 4.78 is 8.31. The van der Waals surface area contributed by atoms with Gasteiger partial charge in [-0.05, 0) is 31.5 Å². The Labute approximate surface area is 129 Å². The molecule has 1 aromatic heterocycles. The number of nitrogens with zero attached hydrogens (tertiary/aromatic N) is 3. The Morgan fingerprint density at radius 3 is 3.14 bits per heavy atom. The number of morpholine rings is 1. The van der Waals surface area contributed by atoms with Gasteiger partial charge in [-0.25, -0.2) is 4.98 Å². The van der Waals surface area contributed by atoms with Gasteiger partial charge in [-0.1, -0.05) is 12.1 Å². The molecule has 4 rings (SSSR count). The predicted molar refractivity (Wildman–Crippen MR) is 83.6 cm³/mol. The number of fused-ring (bicyclic) bond motifs is 2. The zero-order valence-corrected chi connectivity index (χ0v) is 12.8. The van der Waals surface area contributed by atoms with Crippen LogP contribution in [0.2, 0.25) is 0 Å². The van der Waals surface area contributed by atoms with Crippen LogP contribution < -0.4 is 0 Å². The average molecular weight is 306 g/mol. The fraction of sp³-hybridized carbons (Fsp3) is 0.562. The van der Waals surface area contributed by atoms with E-state index < -0.39 is 0 Å². The molecule has 0 saturated carbocycles. The second kappa shape index (κ2) is 5.59. The van der Waals surface area contributed by atoms with Gasteiger partial charge in [-0.3, -0.25) is 4.90 Å². The molecule has 2 atom stereocenters. The van der Waals surface area contributed by atoms with E-state index in [9.17, 15) is 0 Å². The number of hydrogen-bond acceptors (Lipinski definition) is 3. The topological polar surface area (TPSA) is 30.3 Å². The van der Waals surface area contributed by atoms with E-state index >= 15 is 0 Å². The summed E-state index contributed by atoms with van der Waals surface area (Å²) in [6, 6.07) is 8.87. The highest BCUT2D eigenvalue weighted by Gasteiger charge is 2.32. The highest BCUT2D eigenvalue weighted by atomic mass is 35.5. The molecule has 2 unspecified atom stereocenters. The first-order valence-corrected chi connectivity index (χ1v) is 8.24. The molecule has 1 aromatic carbocycles. The number of rotatable bonds is 3. The van der Waals surface area contributed by atoms with Crippen molar-refractivity contribution in [1.29, 1.82) is 0 Å². The lowest BCUT2D eigenvalue weighted by molar-refractivity contribution is -0.0549. The van der Waals surface area contributed by atoms with Gasteiger partial charge in [-0.2, -0.15) is 0 Å². The van der Waals surface area contributed by atoms with Crippen LogP contribution in [-0.4, -0.2) is 46.3 Å². The number of benzene rings is 1. The fourth-order valence-corrected chi connectivity index (χ4v) is 3.83. The van der Waals surface area contributed by atoms with Crippen LogP contribution in [0.4, 0.5) is 0 Å². The zero-order valence-electron chi connectivity index (χ0n) is 12.0. The van der Waals surface area contributed by atoms with Gasteiger partial charge in [0.25, 0.3) is 0 Å². The largest absolute Gasteiger partial charge is 0.373 e. The van der Waals surface area contributed by atoms with Crippen LogP contribution in [0.15, 0.2) is 24.3 Å². The summed E-state index contributed by atoms with van der Waals surface area (Å²) in [4.78, 5) is 7.20. The molecule has 2 aliphatic heterocycles. The molecule has 0 radical (unpaired) electrons. The molecule has 2 aromatic rings. The number of imidazole rings is 1. The van der Waals surface area contributed by atoms with Gasteiger partial charge >= 0.3 is 0 Å². The summed E-state index contributed by atoms with van der Waals surface area (Å²) in [5.74, 6) is 1.37. The third-order valence-electron chi connectivity index (χ3n) is 4.70. The van der Waals surface area contributed by atoms with Crippen LogP contribution in [0, 0.1) is 0 Å². The normalized spacial score (nSPS) is 26.3. The van der Waals surface area contributed by atoms with Gasteiger partial charge in [0.15, 0.2) is 0 Å². The average Bonchev–Trinajstić information content (AvgIpc) is 3.11. The molecule has 2 fully saturated rings. The van der Waals surface area contributed by atoms with Gasteiger partial charge in [0.05, 0.1) is 36.2 Å². The van der Waals surface area contributed by atoms with Gasteiger partial charge in [-0.15, -0.1) is 11.6 Å². The minimum atomic E-state index is 0.235. The zero-order chi connectivity index (χ0) is 14.2. The van der Waals surface area contributed by atoms with Gasteiger partial charge in [0.1, 0.15) is 5.82 Å². The van der Waals surface area contributed by atoms with E-state index in [0.717, 1.165) is 36.6 Å². The molecule has 21 heavy (non-hydrogen) atoms. The molecule has 5 heteroatoms. The van der Waals surface area contributed by atoms with E-state index in [-0.39, 0.29) is 6.10 Å². The Kier molecular flexibility index (Phi) is 3.61. The highest BCUT2D eigenvalue weighted by Crippen LogP contribution is 2.25.